The summed E-state index contributed by atoms with van der Waals surface area (Å²) in [6.07, 6.45) is 7.98. The number of rotatable bonds is 9. The molecule has 6 nitrogen and oxygen atoms in total. The number of furan rings is 1. The van der Waals surface area contributed by atoms with Crippen LogP contribution in [0.3, 0.4) is 0 Å². The molecule has 0 saturated carbocycles. The molecule has 1 fully saturated rings. The van der Waals surface area contributed by atoms with Gasteiger partial charge in [0, 0.05) is 25.2 Å². The highest BCUT2D eigenvalue weighted by molar-refractivity contribution is 6.01. The lowest BCUT2D eigenvalue weighted by atomic mass is 10.0. The Morgan fingerprint density at radius 3 is 2.73 bits per heavy atom. The Kier molecular flexibility index (Phi) is 8.27. The minimum Gasteiger partial charge on any atom is -0.465 e. The highest BCUT2D eigenvalue weighted by Gasteiger charge is 2.18. The summed E-state index contributed by atoms with van der Waals surface area (Å²) in [4.78, 5) is 27.7. The Morgan fingerprint density at radius 1 is 1.17 bits per heavy atom. The van der Waals surface area contributed by atoms with Gasteiger partial charge in [0.05, 0.1) is 12.7 Å². The van der Waals surface area contributed by atoms with E-state index in [0.717, 1.165) is 25.1 Å². The Morgan fingerprint density at radius 2 is 2.00 bits per heavy atom. The Balaban J connectivity index is 1.53. The molecule has 3 rings (SSSR count). The molecule has 6 heteroatoms. The summed E-state index contributed by atoms with van der Waals surface area (Å²) < 4.78 is 5.32. The number of hydrogen-bond acceptors (Lipinski definition) is 4. The van der Waals surface area contributed by atoms with Crippen LogP contribution in [0.1, 0.15) is 43.9 Å². The average molecular weight is 410 g/mol. The number of carbonyl (C=O) groups is 2. The van der Waals surface area contributed by atoms with Crippen LogP contribution >= 0.6 is 0 Å². The first kappa shape index (κ1) is 21.8. The van der Waals surface area contributed by atoms with Crippen molar-refractivity contribution >= 4 is 17.9 Å². The molecule has 1 aliphatic heterocycles. The van der Waals surface area contributed by atoms with Crippen LogP contribution in [0, 0.1) is 0 Å². The molecule has 1 aromatic heterocycles. The standard InChI is InChI=1S/C24H31N3O3/c1-19-9-5-6-14-27(19)15-8-13-25-24(29)22(18-21-12-7-16-30-21)26-23(28)17-20-10-3-2-4-11-20/h2-4,7,10-12,16,18-19H,5-6,8-9,13-15,17H2,1H3,(H,25,29)(H,26,28)/b22-18+. The topological polar surface area (TPSA) is 74.6 Å². The monoisotopic (exact) mass is 409 g/mol. The lowest BCUT2D eigenvalue weighted by molar-refractivity contribution is -0.123. The van der Waals surface area contributed by atoms with Crippen LogP contribution in [0.2, 0.25) is 0 Å². The molecular formula is C24H31N3O3. The Hall–Kier alpha value is -2.86. The van der Waals surface area contributed by atoms with Gasteiger partial charge < -0.3 is 20.0 Å². The quantitative estimate of drug-likeness (QED) is 0.492. The second-order valence-electron chi connectivity index (χ2n) is 7.77. The molecule has 2 heterocycles. The SMILES string of the molecule is CC1CCCCN1CCCNC(=O)/C(=C\c1ccco1)NC(=O)Cc1ccccc1. The molecule has 0 radical (unpaired) electrons. The fourth-order valence-corrected chi connectivity index (χ4v) is 3.72. The van der Waals surface area contributed by atoms with Crippen molar-refractivity contribution in [1.82, 2.24) is 15.5 Å². The van der Waals surface area contributed by atoms with Crippen molar-refractivity contribution in [2.45, 2.75) is 45.1 Å². The van der Waals surface area contributed by atoms with Crippen molar-refractivity contribution in [1.29, 1.82) is 0 Å². The molecule has 1 aromatic carbocycles. The molecule has 2 amide bonds. The first-order valence-electron chi connectivity index (χ1n) is 10.7. The van der Waals surface area contributed by atoms with Crippen LogP contribution in [0.5, 0.6) is 0 Å². The average Bonchev–Trinajstić information content (AvgIpc) is 3.25. The normalized spacial score (nSPS) is 17.5. The number of piperidine rings is 1. The van der Waals surface area contributed by atoms with Gasteiger partial charge in [-0.15, -0.1) is 0 Å². The zero-order chi connectivity index (χ0) is 21.2. The van der Waals surface area contributed by atoms with Gasteiger partial charge in [0.1, 0.15) is 11.5 Å². The number of nitrogens with one attached hydrogen (secondary N) is 2. The summed E-state index contributed by atoms with van der Waals surface area (Å²) in [6, 6.07) is 13.6. The van der Waals surface area contributed by atoms with E-state index in [9.17, 15) is 9.59 Å². The minimum absolute atomic E-state index is 0.192. The van der Waals surface area contributed by atoms with Crippen LogP contribution in [0.25, 0.3) is 6.08 Å². The third kappa shape index (κ3) is 6.88. The van der Waals surface area contributed by atoms with Crippen molar-refractivity contribution in [2.24, 2.45) is 0 Å². The number of amides is 2. The van der Waals surface area contributed by atoms with Gasteiger partial charge >= 0.3 is 0 Å². The predicted molar refractivity (Wildman–Crippen MR) is 117 cm³/mol. The van der Waals surface area contributed by atoms with Crippen molar-refractivity contribution in [3.8, 4) is 0 Å². The predicted octanol–water partition coefficient (Wildman–Crippen LogP) is 3.36. The second-order valence-corrected chi connectivity index (χ2v) is 7.77. The first-order chi connectivity index (χ1) is 14.6. The van der Waals surface area contributed by atoms with Gasteiger partial charge in [0.2, 0.25) is 5.91 Å². The van der Waals surface area contributed by atoms with E-state index in [2.05, 4.69) is 22.5 Å². The van der Waals surface area contributed by atoms with Crippen LogP contribution in [0.4, 0.5) is 0 Å². The Bertz CT molecular complexity index is 831. The Labute approximate surface area is 178 Å². The fraction of sp³-hybridized carbons (Fsp3) is 0.417. The minimum atomic E-state index is -0.306. The van der Waals surface area contributed by atoms with E-state index in [1.54, 1.807) is 18.2 Å². The largest absolute Gasteiger partial charge is 0.465 e. The summed E-state index contributed by atoms with van der Waals surface area (Å²) >= 11 is 0. The molecule has 30 heavy (non-hydrogen) atoms. The van der Waals surface area contributed by atoms with E-state index in [4.69, 9.17) is 4.42 Å². The maximum absolute atomic E-state index is 12.7. The number of carbonyl (C=O) groups excluding carboxylic acids is 2. The third-order valence-corrected chi connectivity index (χ3v) is 5.40. The van der Waals surface area contributed by atoms with Gasteiger partial charge in [-0.3, -0.25) is 9.59 Å². The van der Waals surface area contributed by atoms with Gasteiger partial charge in [-0.1, -0.05) is 36.8 Å². The number of likely N-dealkylation sites (tertiary alicyclic amines) is 1. The number of nitrogens with zero attached hydrogens (tertiary/aromatic N) is 1. The highest BCUT2D eigenvalue weighted by atomic mass is 16.3. The maximum Gasteiger partial charge on any atom is 0.267 e. The van der Waals surface area contributed by atoms with E-state index in [1.807, 2.05) is 30.3 Å². The van der Waals surface area contributed by atoms with Crippen molar-refractivity contribution < 1.29 is 14.0 Å². The van der Waals surface area contributed by atoms with E-state index >= 15 is 0 Å². The summed E-state index contributed by atoms with van der Waals surface area (Å²) in [7, 11) is 0. The van der Waals surface area contributed by atoms with Crippen molar-refractivity contribution in [3.05, 3.63) is 65.7 Å². The van der Waals surface area contributed by atoms with Gasteiger partial charge in [-0.05, 0) is 50.4 Å². The van der Waals surface area contributed by atoms with E-state index in [1.165, 1.54) is 25.5 Å². The number of benzene rings is 1. The van der Waals surface area contributed by atoms with E-state index < -0.39 is 0 Å². The molecular weight excluding hydrogens is 378 g/mol. The molecule has 0 spiro atoms. The lowest BCUT2D eigenvalue weighted by Crippen LogP contribution is -2.40. The van der Waals surface area contributed by atoms with Gasteiger partial charge in [-0.2, -0.15) is 0 Å². The van der Waals surface area contributed by atoms with E-state index in [-0.39, 0.29) is 23.9 Å². The molecule has 2 N–H and O–H groups in total. The zero-order valence-corrected chi connectivity index (χ0v) is 17.6. The van der Waals surface area contributed by atoms with Crippen LogP contribution < -0.4 is 10.6 Å². The van der Waals surface area contributed by atoms with E-state index in [0.29, 0.717) is 18.3 Å². The summed E-state index contributed by atoms with van der Waals surface area (Å²) in [5.41, 5.74) is 1.08. The van der Waals surface area contributed by atoms with Crippen molar-refractivity contribution in [2.75, 3.05) is 19.6 Å². The van der Waals surface area contributed by atoms with Crippen LogP contribution in [-0.4, -0.2) is 42.4 Å². The number of hydrogen-bond donors (Lipinski definition) is 2. The molecule has 0 aliphatic carbocycles. The summed E-state index contributed by atoms with van der Waals surface area (Å²) in [6.45, 7) is 4.93. The maximum atomic E-state index is 12.7. The first-order valence-corrected chi connectivity index (χ1v) is 10.7. The molecule has 1 atom stereocenters. The zero-order valence-electron chi connectivity index (χ0n) is 17.6. The molecule has 2 aromatic rings. The fourth-order valence-electron chi connectivity index (χ4n) is 3.72. The van der Waals surface area contributed by atoms with Crippen molar-refractivity contribution in [3.63, 3.8) is 0 Å². The van der Waals surface area contributed by atoms with Crippen LogP contribution in [0.15, 0.2) is 58.8 Å². The highest BCUT2D eigenvalue weighted by Crippen LogP contribution is 2.16. The summed E-state index contributed by atoms with van der Waals surface area (Å²) in [5.74, 6) is -0.0295. The third-order valence-electron chi connectivity index (χ3n) is 5.40. The van der Waals surface area contributed by atoms with Gasteiger partial charge in [-0.25, -0.2) is 0 Å². The second kappa shape index (κ2) is 11.4. The molecule has 1 saturated heterocycles. The summed E-state index contributed by atoms with van der Waals surface area (Å²) in [5, 5.41) is 5.67. The lowest BCUT2D eigenvalue weighted by Gasteiger charge is -2.33. The molecule has 1 unspecified atom stereocenters. The molecule has 0 bridgehead atoms. The van der Waals surface area contributed by atoms with Gasteiger partial charge in [0.25, 0.3) is 5.91 Å². The smallest absolute Gasteiger partial charge is 0.267 e. The van der Waals surface area contributed by atoms with Gasteiger partial charge in [0.15, 0.2) is 0 Å². The molecule has 160 valence electrons. The van der Waals surface area contributed by atoms with Crippen LogP contribution in [-0.2, 0) is 16.0 Å². The molecule has 1 aliphatic rings.